The summed E-state index contributed by atoms with van der Waals surface area (Å²) in [6.07, 6.45) is -15.6. The number of aliphatic hydroxyl groups excluding tert-OH is 7. The van der Waals surface area contributed by atoms with Crippen molar-refractivity contribution in [3.05, 3.63) is 34.4 Å². The highest BCUT2D eigenvalue weighted by Gasteiger charge is 2.57. The number of nitro groups is 1. The van der Waals surface area contributed by atoms with Crippen LogP contribution in [0, 0.1) is 10.1 Å². The summed E-state index contributed by atoms with van der Waals surface area (Å²) in [4.78, 5) is 46.4. The minimum absolute atomic E-state index is 0.0137. The van der Waals surface area contributed by atoms with Gasteiger partial charge in [-0.15, -0.1) is 0 Å². The first-order valence-corrected chi connectivity index (χ1v) is 13.4. The normalized spacial score (nSPS) is 33.0. The van der Waals surface area contributed by atoms with Gasteiger partial charge in [0.2, 0.25) is 18.1 Å². The fourth-order valence-corrected chi connectivity index (χ4v) is 4.83. The van der Waals surface area contributed by atoms with Gasteiger partial charge in [0.25, 0.3) is 11.5 Å². The molecule has 0 aliphatic carbocycles. The SMILES string of the molecule is CC(=O)NC1C(O)[C@@H](O)C(CO[C@]2(C(=O)O)C[C@@H](O)[C@@H](NC(=O)CO)C([C@H](O)[C@H](O)CO)O2)O[C@H]1Oc1ccc([N+](=O)[O-])cc1. The van der Waals surface area contributed by atoms with Crippen molar-refractivity contribution in [3.63, 3.8) is 0 Å². The molecule has 252 valence electrons. The molecule has 10 N–H and O–H groups in total. The van der Waals surface area contributed by atoms with Crippen LogP contribution in [0.1, 0.15) is 13.3 Å². The first kappa shape index (κ1) is 35.9. The van der Waals surface area contributed by atoms with Crippen LogP contribution in [-0.2, 0) is 28.6 Å². The summed E-state index contributed by atoms with van der Waals surface area (Å²) in [7, 11) is 0. The van der Waals surface area contributed by atoms with Crippen LogP contribution in [0.3, 0.4) is 0 Å². The summed E-state index contributed by atoms with van der Waals surface area (Å²) in [5.41, 5.74) is -0.270. The van der Waals surface area contributed by atoms with Gasteiger partial charge in [-0.1, -0.05) is 0 Å². The summed E-state index contributed by atoms with van der Waals surface area (Å²) in [5.74, 6) is -6.43. The molecule has 2 saturated heterocycles. The number of hydrogen-bond acceptors (Lipinski definition) is 16. The molecule has 11 atom stereocenters. The summed E-state index contributed by atoms with van der Waals surface area (Å²) >= 11 is 0. The van der Waals surface area contributed by atoms with E-state index in [0.29, 0.717) is 0 Å². The zero-order chi connectivity index (χ0) is 33.6. The molecular formula is C25H35N3O17. The number of benzene rings is 1. The molecule has 2 aliphatic heterocycles. The minimum atomic E-state index is -2.84. The van der Waals surface area contributed by atoms with Crippen LogP contribution in [0.2, 0.25) is 0 Å². The van der Waals surface area contributed by atoms with Crippen LogP contribution in [0.5, 0.6) is 5.75 Å². The number of aliphatic carboxylic acids is 1. The van der Waals surface area contributed by atoms with Gasteiger partial charge in [0.15, 0.2) is 0 Å². The molecule has 4 unspecified atom stereocenters. The van der Waals surface area contributed by atoms with Crippen LogP contribution < -0.4 is 15.4 Å². The molecule has 2 amide bonds. The highest BCUT2D eigenvalue weighted by atomic mass is 16.7. The molecule has 2 aliphatic rings. The maximum Gasteiger partial charge on any atom is 0.364 e. The highest BCUT2D eigenvalue weighted by Crippen LogP contribution is 2.35. The van der Waals surface area contributed by atoms with Gasteiger partial charge in [-0.05, 0) is 12.1 Å². The van der Waals surface area contributed by atoms with E-state index in [1.54, 1.807) is 0 Å². The van der Waals surface area contributed by atoms with Gasteiger partial charge in [0.05, 0.1) is 30.3 Å². The number of carboxylic acids is 1. The number of non-ortho nitro benzene ring substituents is 1. The Kier molecular flexibility index (Phi) is 12.1. The van der Waals surface area contributed by atoms with Crippen molar-refractivity contribution in [2.24, 2.45) is 0 Å². The Morgan fingerprint density at radius 3 is 2.27 bits per heavy atom. The Morgan fingerprint density at radius 2 is 1.73 bits per heavy atom. The fourth-order valence-electron chi connectivity index (χ4n) is 4.83. The average molecular weight is 650 g/mol. The van der Waals surface area contributed by atoms with E-state index < -0.39 is 116 Å². The second-order valence-corrected chi connectivity index (χ2v) is 10.3. The molecule has 1 aromatic rings. The molecule has 0 bridgehead atoms. The first-order valence-electron chi connectivity index (χ1n) is 13.4. The van der Waals surface area contributed by atoms with Gasteiger partial charge >= 0.3 is 5.97 Å². The van der Waals surface area contributed by atoms with E-state index in [9.17, 15) is 60.2 Å². The molecule has 20 heteroatoms. The molecule has 0 radical (unpaired) electrons. The Morgan fingerprint density at radius 1 is 1.09 bits per heavy atom. The maximum atomic E-state index is 12.4. The number of carbonyl (C=O) groups excluding carboxylic acids is 2. The first-order chi connectivity index (χ1) is 21.1. The monoisotopic (exact) mass is 649 g/mol. The average Bonchev–Trinajstić information content (AvgIpc) is 3.00. The van der Waals surface area contributed by atoms with E-state index in [1.807, 2.05) is 0 Å². The number of amides is 2. The lowest BCUT2D eigenvalue weighted by Crippen LogP contribution is -2.69. The number of nitrogens with zero attached hydrogens (tertiary/aromatic N) is 1. The summed E-state index contributed by atoms with van der Waals surface area (Å²) in [6, 6.07) is 1.60. The van der Waals surface area contributed by atoms with Crippen LogP contribution in [0.4, 0.5) is 5.69 Å². The van der Waals surface area contributed by atoms with Crippen molar-refractivity contribution >= 4 is 23.5 Å². The molecule has 3 rings (SSSR count). The van der Waals surface area contributed by atoms with Crippen molar-refractivity contribution in [3.8, 4) is 5.75 Å². The molecule has 0 saturated carbocycles. The molecule has 0 spiro atoms. The Balaban J connectivity index is 1.87. The lowest BCUT2D eigenvalue weighted by atomic mass is 9.88. The number of carboxylic acid groups (broad SMARTS) is 1. The van der Waals surface area contributed by atoms with Gasteiger partial charge < -0.3 is 70.4 Å². The second-order valence-electron chi connectivity index (χ2n) is 10.3. The number of carbonyl (C=O) groups is 3. The van der Waals surface area contributed by atoms with Crippen molar-refractivity contribution < 1.29 is 79.1 Å². The van der Waals surface area contributed by atoms with E-state index in [-0.39, 0.29) is 11.4 Å². The lowest BCUT2D eigenvalue weighted by molar-refractivity contribution is -0.384. The van der Waals surface area contributed by atoms with E-state index in [2.05, 4.69) is 10.6 Å². The highest BCUT2D eigenvalue weighted by molar-refractivity contribution is 5.78. The molecule has 2 fully saturated rings. The number of rotatable bonds is 13. The van der Waals surface area contributed by atoms with E-state index >= 15 is 0 Å². The number of aliphatic hydroxyl groups is 7. The van der Waals surface area contributed by atoms with E-state index in [4.69, 9.17) is 24.1 Å². The van der Waals surface area contributed by atoms with Crippen molar-refractivity contribution in [1.82, 2.24) is 10.6 Å². The summed E-state index contributed by atoms with van der Waals surface area (Å²) < 4.78 is 22.3. The predicted octanol–water partition coefficient (Wildman–Crippen LogP) is -4.94. The summed E-state index contributed by atoms with van der Waals surface area (Å²) in [5, 5.41) is 96.8. The van der Waals surface area contributed by atoms with Crippen molar-refractivity contribution in [1.29, 1.82) is 0 Å². The third kappa shape index (κ3) is 8.38. The third-order valence-electron chi connectivity index (χ3n) is 7.14. The number of nitro benzene ring substituents is 1. The second kappa shape index (κ2) is 15.1. The Hall–Kier alpha value is -3.57. The number of nitrogens with one attached hydrogen (secondary N) is 2. The Bertz CT molecular complexity index is 1200. The van der Waals surface area contributed by atoms with Gasteiger partial charge in [-0.25, -0.2) is 4.79 Å². The van der Waals surface area contributed by atoms with Gasteiger partial charge in [-0.3, -0.25) is 19.7 Å². The zero-order valence-electron chi connectivity index (χ0n) is 23.6. The third-order valence-corrected chi connectivity index (χ3v) is 7.14. The van der Waals surface area contributed by atoms with Gasteiger partial charge in [0, 0.05) is 25.5 Å². The number of ether oxygens (including phenoxy) is 4. The quantitative estimate of drug-likeness (QED) is 0.0706. The van der Waals surface area contributed by atoms with Gasteiger partial charge in [0.1, 0.15) is 55.0 Å². The van der Waals surface area contributed by atoms with Crippen LogP contribution >= 0.6 is 0 Å². The summed E-state index contributed by atoms with van der Waals surface area (Å²) in [6.45, 7) is -1.89. The van der Waals surface area contributed by atoms with E-state index in [0.717, 1.165) is 19.1 Å². The molecule has 2 heterocycles. The lowest BCUT2D eigenvalue weighted by Gasteiger charge is -2.47. The Labute approximate surface area is 253 Å². The maximum absolute atomic E-state index is 12.4. The molecule has 20 nitrogen and oxygen atoms in total. The minimum Gasteiger partial charge on any atom is -0.477 e. The largest absolute Gasteiger partial charge is 0.477 e. The molecule has 45 heavy (non-hydrogen) atoms. The fraction of sp³-hybridized carbons (Fsp3) is 0.640. The van der Waals surface area contributed by atoms with Crippen molar-refractivity contribution in [2.75, 3.05) is 19.8 Å². The smallest absolute Gasteiger partial charge is 0.364 e. The standard InChI is InChI=1S/C25H35N3O17/c1-10(31)26-18-21(37)20(36)15(44-23(18)43-12-4-2-11(3-5-12)28(40)41)9-42-25(24(38)39)6-13(32)17(27-16(34)8-30)22(45-25)19(35)14(33)7-29/h2-5,13-15,17-23,29-30,32-33,35-37H,6-9H2,1H3,(H,26,31)(H,27,34)(H,38,39)/t13-,14-,15?,17-,18?,19-,20+,21?,22?,23-,25-/m1/s1. The van der Waals surface area contributed by atoms with Crippen LogP contribution in [0.15, 0.2) is 24.3 Å². The molecule has 1 aromatic carbocycles. The van der Waals surface area contributed by atoms with Crippen LogP contribution in [-0.4, -0.2) is 150 Å². The van der Waals surface area contributed by atoms with Crippen molar-refractivity contribution in [2.45, 2.75) is 80.2 Å². The van der Waals surface area contributed by atoms with E-state index in [1.165, 1.54) is 12.1 Å². The molecular weight excluding hydrogens is 614 g/mol. The zero-order valence-corrected chi connectivity index (χ0v) is 23.6. The predicted molar refractivity (Wildman–Crippen MR) is 142 cm³/mol. The topological polar surface area (TPSA) is 317 Å². The number of hydrogen-bond donors (Lipinski definition) is 10. The molecule has 0 aromatic heterocycles. The van der Waals surface area contributed by atoms with Gasteiger partial charge in [-0.2, -0.15) is 0 Å². The van der Waals surface area contributed by atoms with Crippen LogP contribution in [0.25, 0.3) is 0 Å².